The van der Waals surface area contributed by atoms with Crippen LogP contribution >= 0.6 is 23.1 Å². The highest BCUT2D eigenvalue weighted by Crippen LogP contribution is 2.27. The van der Waals surface area contributed by atoms with Crippen LogP contribution < -0.4 is 14.8 Å². The maximum atomic E-state index is 11.9. The zero-order valence-electron chi connectivity index (χ0n) is 13.8. The monoisotopic (exact) mass is 367 g/mol. The molecule has 130 valence electrons. The Morgan fingerprint density at radius 1 is 1.21 bits per heavy atom. The van der Waals surface area contributed by atoms with Gasteiger partial charge in [-0.05, 0) is 31.2 Å². The first-order valence-electron chi connectivity index (χ1n) is 7.83. The molecule has 1 aromatic carbocycles. The van der Waals surface area contributed by atoms with Crippen LogP contribution in [0.4, 0.5) is 5.13 Å². The summed E-state index contributed by atoms with van der Waals surface area (Å²) in [7, 11) is 0. The molecule has 0 radical (unpaired) electrons. The van der Waals surface area contributed by atoms with Crippen molar-refractivity contribution >= 4 is 34.1 Å². The van der Waals surface area contributed by atoms with Gasteiger partial charge in [-0.1, -0.05) is 42.2 Å². The van der Waals surface area contributed by atoms with E-state index in [4.69, 9.17) is 9.47 Å². The lowest BCUT2D eigenvalue weighted by molar-refractivity contribution is -0.116. The molecule has 0 spiro atoms. The lowest BCUT2D eigenvalue weighted by atomic mass is 10.3. The fourth-order valence-corrected chi connectivity index (χ4v) is 3.55. The van der Waals surface area contributed by atoms with Crippen LogP contribution in [-0.2, 0) is 4.79 Å². The Morgan fingerprint density at radius 2 is 1.96 bits per heavy atom. The largest absolute Gasteiger partial charge is 0.490 e. The molecular weight excluding hydrogens is 346 g/mol. The number of para-hydroxylation sites is 2. The molecular formula is C16H21N3O3S2. The van der Waals surface area contributed by atoms with E-state index < -0.39 is 0 Å². The van der Waals surface area contributed by atoms with Gasteiger partial charge in [0.1, 0.15) is 0 Å². The van der Waals surface area contributed by atoms with Gasteiger partial charge in [-0.3, -0.25) is 4.79 Å². The summed E-state index contributed by atoms with van der Waals surface area (Å²) in [5.41, 5.74) is 0. The molecule has 1 N–H and O–H groups in total. The van der Waals surface area contributed by atoms with Crippen LogP contribution in [0.2, 0.25) is 0 Å². The standard InChI is InChI=1S/C16H21N3O3S2/c1-3-21-12-8-5-6-9-13(12)22-11-7-10-14(20)17-15-18-19-16(24-15)23-4-2/h5-6,8-9H,3-4,7,10-11H2,1-2H3,(H,17,18,20). The van der Waals surface area contributed by atoms with Crippen LogP contribution in [0.5, 0.6) is 11.5 Å². The van der Waals surface area contributed by atoms with Crippen molar-refractivity contribution in [3.05, 3.63) is 24.3 Å². The molecule has 0 aliphatic carbocycles. The highest BCUT2D eigenvalue weighted by molar-refractivity contribution is 8.01. The van der Waals surface area contributed by atoms with Crippen molar-refractivity contribution in [3.63, 3.8) is 0 Å². The Balaban J connectivity index is 1.71. The number of rotatable bonds is 10. The van der Waals surface area contributed by atoms with E-state index in [1.54, 1.807) is 11.8 Å². The maximum Gasteiger partial charge on any atom is 0.226 e. The summed E-state index contributed by atoms with van der Waals surface area (Å²) in [6, 6.07) is 7.52. The molecule has 0 bridgehead atoms. The van der Waals surface area contributed by atoms with Gasteiger partial charge in [-0.25, -0.2) is 0 Å². The number of nitrogens with one attached hydrogen (secondary N) is 1. The molecule has 1 aromatic heterocycles. The van der Waals surface area contributed by atoms with Crippen LogP contribution in [0.1, 0.15) is 26.7 Å². The van der Waals surface area contributed by atoms with Crippen molar-refractivity contribution in [3.8, 4) is 11.5 Å². The quantitative estimate of drug-likeness (QED) is 0.391. The number of carbonyl (C=O) groups excluding carboxylic acids is 1. The summed E-state index contributed by atoms with van der Waals surface area (Å²) in [6.45, 7) is 5.01. The number of amides is 1. The van der Waals surface area contributed by atoms with Crippen molar-refractivity contribution in [1.82, 2.24) is 10.2 Å². The van der Waals surface area contributed by atoms with Crippen molar-refractivity contribution < 1.29 is 14.3 Å². The van der Waals surface area contributed by atoms with E-state index in [9.17, 15) is 4.79 Å². The first-order valence-corrected chi connectivity index (χ1v) is 9.64. The van der Waals surface area contributed by atoms with Gasteiger partial charge >= 0.3 is 0 Å². The molecule has 2 rings (SSSR count). The highest BCUT2D eigenvalue weighted by atomic mass is 32.2. The predicted molar refractivity (Wildman–Crippen MR) is 97.3 cm³/mol. The highest BCUT2D eigenvalue weighted by Gasteiger charge is 2.09. The molecule has 0 atom stereocenters. The minimum absolute atomic E-state index is 0.0825. The van der Waals surface area contributed by atoms with Gasteiger partial charge < -0.3 is 14.8 Å². The maximum absolute atomic E-state index is 11.9. The third-order valence-corrected chi connectivity index (χ3v) is 4.73. The normalized spacial score (nSPS) is 10.4. The van der Waals surface area contributed by atoms with Gasteiger partial charge in [0.25, 0.3) is 0 Å². The summed E-state index contributed by atoms with van der Waals surface area (Å²) in [5.74, 6) is 2.27. The molecule has 1 amide bonds. The predicted octanol–water partition coefficient (Wildman–Crippen LogP) is 3.85. The summed E-state index contributed by atoms with van der Waals surface area (Å²) in [5, 5.41) is 11.3. The SMILES string of the molecule is CCOc1ccccc1OCCCC(=O)Nc1nnc(SCC)s1. The van der Waals surface area contributed by atoms with Crippen molar-refractivity contribution in [2.75, 3.05) is 24.3 Å². The second-order valence-corrected chi connectivity index (χ2v) is 7.17. The molecule has 0 saturated carbocycles. The van der Waals surface area contributed by atoms with E-state index in [2.05, 4.69) is 15.5 Å². The molecule has 8 heteroatoms. The first-order chi connectivity index (χ1) is 11.7. The van der Waals surface area contributed by atoms with Crippen molar-refractivity contribution in [2.45, 2.75) is 31.0 Å². The molecule has 0 fully saturated rings. The van der Waals surface area contributed by atoms with Crippen LogP contribution in [0, 0.1) is 0 Å². The Bertz CT molecular complexity index is 649. The Morgan fingerprint density at radius 3 is 2.67 bits per heavy atom. The number of anilines is 1. The van der Waals surface area contributed by atoms with E-state index >= 15 is 0 Å². The summed E-state index contributed by atoms with van der Waals surface area (Å²) >= 11 is 3.00. The summed E-state index contributed by atoms with van der Waals surface area (Å²) < 4.78 is 12.1. The molecule has 0 saturated heterocycles. The molecule has 0 aliphatic rings. The van der Waals surface area contributed by atoms with Gasteiger partial charge in [0.2, 0.25) is 11.0 Å². The fraction of sp³-hybridized carbons (Fsp3) is 0.438. The number of carbonyl (C=O) groups is 1. The number of hydrogen-bond donors (Lipinski definition) is 1. The summed E-state index contributed by atoms with van der Waals surface area (Å²) in [4.78, 5) is 11.9. The average molecular weight is 367 g/mol. The van der Waals surface area contributed by atoms with Crippen molar-refractivity contribution in [2.24, 2.45) is 0 Å². The number of hydrogen-bond acceptors (Lipinski definition) is 7. The minimum Gasteiger partial charge on any atom is -0.490 e. The topological polar surface area (TPSA) is 73.3 Å². The Hall–Kier alpha value is -1.80. The van der Waals surface area contributed by atoms with Gasteiger partial charge in [0.05, 0.1) is 13.2 Å². The van der Waals surface area contributed by atoms with Crippen LogP contribution in [0.25, 0.3) is 0 Å². The number of aromatic nitrogens is 2. The second kappa shape index (κ2) is 10.1. The lowest BCUT2D eigenvalue weighted by Gasteiger charge is -2.11. The van der Waals surface area contributed by atoms with Crippen LogP contribution in [0.3, 0.4) is 0 Å². The van der Waals surface area contributed by atoms with E-state index in [-0.39, 0.29) is 5.91 Å². The molecule has 2 aromatic rings. The van der Waals surface area contributed by atoms with Crippen LogP contribution in [0.15, 0.2) is 28.6 Å². The number of thioether (sulfide) groups is 1. The Kier molecular flexibility index (Phi) is 7.84. The molecule has 1 heterocycles. The van der Waals surface area contributed by atoms with E-state index in [1.165, 1.54) is 11.3 Å². The Labute approximate surface area is 150 Å². The van der Waals surface area contributed by atoms with Gasteiger partial charge in [0.15, 0.2) is 15.8 Å². The lowest BCUT2D eigenvalue weighted by Crippen LogP contribution is -2.12. The average Bonchev–Trinajstić information content (AvgIpc) is 3.00. The van der Waals surface area contributed by atoms with E-state index in [0.29, 0.717) is 36.9 Å². The number of benzene rings is 1. The second-order valence-electron chi connectivity index (χ2n) is 4.69. The van der Waals surface area contributed by atoms with Gasteiger partial charge in [0, 0.05) is 6.42 Å². The zero-order chi connectivity index (χ0) is 17.2. The zero-order valence-corrected chi connectivity index (χ0v) is 15.4. The summed E-state index contributed by atoms with van der Waals surface area (Å²) in [6.07, 6.45) is 0.980. The molecule has 0 aliphatic heterocycles. The molecule has 0 unspecified atom stereocenters. The third-order valence-electron chi connectivity index (χ3n) is 2.88. The van der Waals surface area contributed by atoms with E-state index in [1.807, 2.05) is 38.1 Å². The van der Waals surface area contributed by atoms with Crippen molar-refractivity contribution in [1.29, 1.82) is 0 Å². The van der Waals surface area contributed by atoms with Gasteiger partial charge in [-0.15, -0.1) is 10.2 Å². The number of ether oxygens (including phenoxy) is 2. The molecule has 6 nitrogen and oxygen atoms in total. The minimum atomic E-state index is -0.0825. The first kappa shape index (κ1) is 18.5. The molecule has 24 heavy (non-hydrogen) atoms. The smallest absolute Gasteiger partial charge is 0.226 e. The van der Waals surface area contributed by atoms with Crippen LogP contribution in [-0.4, -0.2) is 35.1 Å². The van der Waals surface area contributed by atoms with E-state index in [0.717, 1.165) is 15.8 Å². The third kappa shape index (κ3) is 6.01. The van der Waals surface area contributed by atoms with Gasteiger partial charge in [-0.2, -0.15) is 0 Å². The number of nitrogens with zero attached hydrogens (tertiary/aromatic N) is 2. The fourth-order valence-electron chi connectivity index (χ4n) is 1.88.